The molecule has 0 aromatic carbocycles. The van der Waals surface area contributed by atoms with Crippen LogP contribution in [0.25, 0.3) is 0 Å². The summed E-state index contributed by atoms with van der Waals surface area (Å²) in [6, 6.07) is 0. The minimum Gasteiger partial charge on any atom is -0.469 e. The number of rotatable bonds is 10. The van der Waals surface area contributed by atoms with E-state index in [0.717, 1.165) is 26.1 Å². The van der Waals surface area contributed by atoms with E-state index in [0.29, 0.717) is 24.4 Å². The van der Waals surface area contributed by atoms with Crippen LogP contribution in [-0.4, -0.2) is 56.3 Å². The SMILES string of the molecule is COCCN(CCCC(=O)OC)CCC(N)=S. The van der Waals surface area contributed by atoms with Crippen molar-refractivity contribution in [2.24, 2.45) is 5.73 Å². The van der Waals surface area contributed by atoms with Gasteiger partial charge in [-0.2, -0.15) is 0 Å². The van der Waals surface area contributed by atoms with Gasteiger partial charge in [-0.1, -0.05) is 12.2 Å². The lowest BCUT2D eigenvalue weighted by molar-refractivity contribution is -0.140. The van der Waals surface area contributed by atoms with E-state index in [4.69, 9.17) is 22.7 Å². The number of thiocarbonyl (C=S) groups is 1. The van der Waals surface area contributed by atoms with Gasteiger partial charge in [0.25, 0.3) is 0 Å². The predicted octanol–water partition coefficient (Wildman–Crippen LogP) is 0.564. The second-order valence-electron chi connectivity index (χ2n) is 3.73. The Morgan fingerprint density at radius 1 is 1.24 bits per heavy atom. The van der Waals surface area contributed by atoms with Gasteiger partial charge in [0.05, 0.1) is 18.7 Å². The number of esters is 1. The zero-order valence-corrected chi connectivity index (χ0v) is 11.4. The summed E-state index contributed by atoms with van der Waals surface area (Å²) >= 11 is 4.85. The van der Waals surface area contributed by atoms with Crippen LogP contribution in [0.2, 0.25) is 0 Å². The van der Waals surface area contributed by atoms with Gasteiger partial charge in [0.1, 0.15) is 0 Å². The van der Waals surface area contributed by atoms with Gasteiger partial charge in [0.15, 0.2) is 0 Å². The maximum Gasteiger partial charge on any atom is 0.305 e. The van der Waals surface area contributed by atoms with Crippen molar-refractivity contribution in [1.82, 2.24) is 4.90 Å². The van der Waals surface area contributed by atoms with E-state index in [9.17, 15) is 4.79 Å². The first-order chi connectivity index (χ1) is 8.10. The van der Waals surface area contributed by atoms with Crippen molar-refractivity contribution in [3.05, 3.63) is 0 Å². The zero-order valence-electron chi connectivity index (χ0n) is 10.6. The summed E-state index contributed by atoms with van der Waals surface area (Å²) in [5.41, 5.74) is 5.47. The molecule has 0 fully saturated rings. The van der Waals surface area contributed by atoms with Gasteiger partial charge < -0.3 is 20.1 Å². The second-order valence-corrected chi connectivity index (χ2v) is 4.25. The Bertz CT molecular complexity index is 237. The molecule has 0 unspecified atom stereocenters. The zero-order chi connectivity index (χ0) is 13.1. The number of hydrogen-bond acceptors (Lipinski definition) is 5. The molecule has 0 radical (unpaired) electrons. The van der Waals surface area contributed by atoms with E-state index in [1.807, 2.05) is 0 Å². The van der Waals surface area contributed by atoms with Crippen molar-refractivity contribution < 1.29 is 14.3 Å². The smallest absolute Gasteiger partial charge is 0.305 e. The van der Waals surface area contributed by atoms with E-state index in [1.165, 1.54) is 7.11 Å². The molecule has 5 nitrogen and oxygen atoms in total. The van der Waals surface area contributed by atoms with Crippen molar-refractivity contribution in [2.75, 3.05) is 40.5 Å². The summed E-state index contributed by atoms with van der Waals surface area (Å²) in [6.45, 7) is 3.11. The summed E-state index contributed by atoms with van der Waals surface area (Å²) in [6.07, 6.45) is 1.90. The molecule has 0 aromatic heterocycles. The Morgan fingerprint density at radius 3 is 2.47 bits per heavy atom. The van der Waals surface area contributed by atoms with Crippen molar-refractivity contribution >= 4 is 23.2 Å². The molecular formula is C11H22N2O3S. The molecule has 0 atom stereocenters. The Hall–Kier alpha value is -0.720. The molecule has 0 aliphatic carbocycles. The Morgan fingerprint density at radius 2 is 1.94 bits per heavy atom. The number of ether oxygens (including phenoxy) is 2. The van der Waals surface area contributed by atoms with Crippen molar-refractivity contribution in [2.45, 2.75) is 19.3 Å². The Kier molecular flexibility index (Phi) is 9.99. The lowest BCUT2D eigenvalue weighted by atomic mass is 10.2. The third-order valence-corrected chi connectivity index (χ3v) is 2.57. The van der Waals surface area contributed by atoms with Crippen LogP contribution in [0.4, 0.5) is 0 Å². The predicted molar refractivity (Wildman–Crippen MR) is 71.0 cm³/mol. The van der Waals surface area contributed by atoms with Crippen LogP contribution in [0.1, 0.15) is 19.3 Å². The topological polar surface area (TPSA) is 64.8 Å². The molecule has 0 aliphatic rings. The molecule has 0 bridgehead atoms. The maximum atomic E-state index is 11.0. The molecule has 0 aromatic rings. The average molecular weight is 262 g/mol. The normalized spacial score (nSPS) is 10.5. The highest BCUT2D eigenvalue weighted by molar-refractivity contribution is 7.80. The molecule has 0 aliphatic heterocycles. The minimum absolute atomic E-state index is 0.175. The molecule has 6 heteroatoms. The van der Waals surface area contributed by atoms with Gasteiger partial charge in [-0.3, -0.25) is 4.79 Å². The van der Waals surface area contributed by atoms with Crippen molar-refractivity contribution in [3.8, 4) is 0 Å². The molecule has 0 saturated carbocycles. The fraction of sp³-hybridized carbons (Fsp3) is 0.818. The highest BCUT2D eigenvalue weighted by Gasteiger charge is 2.07. The molecule has 0 saturated heterocycles. The first-order valence-corrected chi connectivity index (χ1v) is 6.07. The summed E-state index contributed by atoms with van der Waals surface area (Å²) in [5.74, 6) is -0.175. The minimum atomic E-state index is -0.175. The second kappa shape index (κ2) is 10.4. The molecule has 0 amide bonds. The standard InChI is InChI=1S/C11H22N2O3S/c1-15-9-8-13(7-5-10(12)17)6-3-4-11(14)16-2/h3-9H2,1-2H3,(H2,12,17). The van der Waals surface area contributed by atoms with Crippen LogP contribution in [0.15, 0.2) is 0 Å². The van der Waals surface area contributed by atoms with Crippen LogP contribution >= 0.6 is 12.2 Å². The molecule has 0 rings (SSSR count). The number of nitrogens with two attached hydrogens (primary N) is 1. The third kappa shape index (κ3) is 10.2. The van der Waals surface area contributed by atoms with Crippen molar-refractivity contribution in [3.63, 3.8) is 0 Å². The van der Waals surface area contributed by atoms with Gasteiger partial charge >= 0.3 is 5.97 Å². The summed E-state index contributed by atoms with van der Waals surface area (Å²) in [5, 5.41) is 0. The van der Waals surface area contributed by atoms with Crippen LogP contribution in [0, 0.1) is 0 Å². The van der Waals surface area contributed by atoms with E-state index >= 15 is 0 Å². The Balaban J connectivity index is 3.83. The first kappa shape index (κ1) is 16.3. The number of carbonyl (C=O) groups is 1. The molecule has 100 valence electrons. The van der Waals surface area contributed by atoms with Gasteiger partial charge in [-0.05, 0) is 13.0 Å². The first-order valence-electron chi connectivity index (χ1n) is 5.66. The van der Waals surface area contributed by atoms with Gasteiger partial charge in [-0.25, -0.2) is 0 Å². The van der Waals surface area contributed by atoms with E-state index in [-0.39, 0.29) is 5.97 Å². The van der Waals surface area contributed by atoms with E-state index in [1.54, 1.807) is 7.11 Å². The lowest BCUT2D eigenvalue weighted by Crippen LogP contribution is -2.32. The molecule has 2 N–H and O–H groups in total. The van der Waals surface area contributed by atoms with Crippen LogP contribution in [-0.2, 0) is 14.3 Å². The molecular weight excluding hydrogens is 240 g/mol. The highest BCUT2D eigenvalue weighted by Crippen LogP contribution is 1.99. The van der Waals surface area contributed by atoms with Gasteiger partial charge in [0.2, 0.25) is 0 Å². The molecule has 0 heterocycles. The summed E-state index contributed by atoms with van der Waals surface area (Å²) in [4.78, 5) is 13.7. The highest BCUT2D eigenvalue weighted by atomic mass is 32.1. The quantitative estimate of drug-likeness (QED) is 0.458. The van der Waals surface area contributed by atoms with E-state index in [2.05, 4.69) is 9.64 Å². The van der Waals surface area contributed by atoms with Gasteiger partial charge in [0, 0.05) is 33.0 Å². The number of carbonyl (C=O) groups excluding carboxylic acids is 1. The monoisotopic (exact) mass is 262 g/mol. The van der Waals surface area contributed by atoms with Crippen LogP contribution < -0.4 is 5.73 Å². The summed E-state index contributed by atoms with van der Waals surface area (Å²) < 4.78 is 9.62. The molecule has 17 heavy (non-hydrogen) atoms. The van der Waals surface area contributed by atoms with Crippen LogP contribution in [0.3, 0.4) is 0 Å². The number of nitrogens with zero attached hydrogens (tertiary/aromatic N) is 1. The summed E-state index contributed by atoms with van der Waals surface area (Å²) in [7, 11) is 3.07. The Labute approximate surface area is 108 Å². The average Bonchev–Trinajstić information content (AvgIpc) is 2.31. The van der Waals surface area contributed by atoms with Crippen LogP contribution in [0.5, 0.6) is 0 Å². The molecule has 0 spiro atoms. The third-order valence-electron chi connectivity index (χ3n) is 2.37. The maximum absolute atomic E-state index is 11.0. The van der Waals surface area contributed by atoms with Crippen molar-refractivity contribution in [1.29, 1.82) is 0 Å². The number of hydrogen-bond donors (Lipinski definition) is 1. The lowest BCUT2D eigenvalue weighted by Gasteiger charge is -2.21. The van der Waals surface area contributed by atoms with E-state index < -0.39 is 0 Å². The number of methoxy groups -OCH3 is 2. The largest absolute Gasteiger partial charge is 0.469 e. The fourth-order valence-corrected chi connectivity index (χ4v) is 1.46. The fourth-order valence-electron chi connectivity index (χ4n) is 1.37. The van der Waals surface area contributed by atoms with Gasteiger partial charge in [-0.15, -0.1) is 0 Å².